The maximum Gasteiger partial charge on any atom is 0.270 e. The monoisotopic (exact) mass is 344 g/mol. The van der Waals surface area contributed by atoms with E-state index in [9.17, 15) is 9.59 Å². The molecule has 2 amide bonds. The molecule has 0 spiro atoms. The summed E-state index contributed by atoms with van der Waals surface area (Å²) >= 11 is 1.47. The number of carbonyl (C=O) groups excluding carboxylic acids is 2. The number of nitrogens with zero attached hydrogens (tertiary/aromatic N) is 2. The van der Waals surface area contributed by atoms with Crippen LogP contribution >= 0.6 is 11.3 Å². The van der Waals surface area contributed by atoms with Crippen molar-refractivity contribution in [3.8, 4) is 10.6 Å². The molecule has 3 N–H and O–H groups in total. The number of nitrogens with one attached hydrogen (secondary N) is 1. The molecule has 1 aliphatic heterocycles. The summed E-state index contributed by atoms with van der Waals surface area (Å²) in [6.07, 6.45) is 1.63. The summed E-state index contributed by atoms with van der Waals surface area (Å²) in [6.45, 7) is 1.81. The van der Waals surface area contributed by atoms with Crippen LogP contribution in [0, 0.1) is 0 Å². The molecule has 0 unspecified atom stereocenters. The molecule has 1 aliphatic rings. The van der Waals surface area contributed by atoms with Gasteiger partial charge in [0.2, 0.25) is 5.91 Å². The second kappa shape index (κ2) is 7.55. The predicted octanol–water partition coefficient (Wildman–Crippen LogP) is 1.49. The van der Waals surface area contributed by atoms with Gasteiger partial charge in [-0.05, 0) is 12.8 Å². The van der Waals surface area contributed by atoms with Gasteiger partial charge in [0, 0.05) is 30.1 Å². The van der Waals surface area contributed by atoms with Crippen molar-refractivity contribution < 1.29 is 9.59 Å². The Kier molecular flexibility index (Phi) is 5.22. The number of primary amides is 1. The fourth-order valence-electron chi connectivity index (χ4n) is 2.81. The number of benzene rings is 1. The lowest BCUT2D eigenvalue weighted by atomic mass is 10.0. The van der Waals surface area contributed by atoms with Crippen LogP contribution in [0.15, 0.2) is 35.7 Å². The van der Waals surface area contributed by atoms with Gasteiger partial charge in [-0.2, -0.15) is 0 Å². The fourth-order valence-corrected chi connectivity index (χ4v) is 3.61. The van der Waals surface area contributed by atoms with Gasteiger partial charge in [-0.1, -0.05) is 30.3 Å². The van der Waals surface area contributed by atoms with Crippen molar-refractivity contribution >= 4 is 23.2 Å². The topological polar surface area (TPSA) is 88.3 Å². The lowest BCUT2D eigenvalue weighted by Crippen LogP contribution is -2.46. The van der Waals surface area contributed by atoms with Crippen LogP contribution in [0.5, 0.6) is 0 Å². The van der Waals surface area contributed by atoms with Crippen molar-refractivity contribution in [2.45, 2.75) is 18.9 Å². The van der Waals surface area contributed by atoms with Gasteiger partial charge >= 0.3 is 0 Å². The number of hydrogen-bond donors (Lipinski definition) is 2. The number of nitrogens with two attached hydrogens (primary N) is 1. The number of amides is 2. The first-order valence-corrected chi connectivity index (χ1v) is 8.82. The van der Waals surface area contributed by atoms with Crippen molar-refractivity contribution in [1.29, 1.82) is 0 Å². The first-order chi connectivity index (χ1) is 11.6. The van der Waals surface area contributed by atoms with E-state index in [1.807, 2.05) is 35.2 Å². The normalized spacial score (nSPS) is 16.0. The molecule has 6 nitrogen and oxygen atoms in total. The van der Waals surface area contributed by atoms with E-state index in [0.717, 1.165) is 36.5 Å². The Balaban J connectivity index is 1.55. The Labute approximate surface area is 144 Å². The summed E-state index contributed by atoms with van der Waals surface area (Å²) in [7, 11) is 0. The van der Waals surface area contributed by atoms with Crippen LogP contribution in [0.1, 0.15) is 23.3 Å². The molecule has 0 radical (unpaired) electrons. The lowest BCUT2D eigenvalue weighted by molar-refractivity contribution is -0.119. The molecular formula is C17H20N4O2S. The van der Waals surface area contributed by atoms with Gasteiger partial charge in [0.05, 0.1) is 6.54 Å². The first-order valence-electron chi connectivity index (χ1n) is 7.94. The van der Waals surface area contributed by atoms with Gasteiger partial charge in [-0.15, -0.1) is 11.3 Å². The van der Waals surface area contributed by atoms with Crippen LogP contribution in [-0.2, 0) is 4.79 Å². The highest BCUT2D eigenvalue weighted by molar-refractivity contribution is 7.13. The van der Waals surface area contributed by atoms with Crippen LogP contribution in [-0.4, -0.2) is 47.4 Å². The van der Waals surface area contributed by atoms with E-state index in [4.69, 9.17) is 5.73 Å². The highest BCUT2D eigenvalue weighted by Gasteiger charge is 2.22. The smallest absolute Gasteiger partial charge is 0.270 e. The molecule has 7 heteroatoms. The largest absolute Gasteiger partial charge is 0.369 e. The van der Waals surface area contributed by atoms with Crippen molar-refractivity contribution in [1.82, 2.24) is 15.2 Å². The fraction of sp³-hybridized carbons (Fsp3) is 0.353. The molecule has 1 aromatic heterocycles. The number of aromatic nitrogens is 1. The standard InChI is InChI=1S/C17H20N4O2S/c18-15(22)10-21-8-6-13(7-9-21)19-16(23)14-11-24-17(20-14)12-4-2-1-3-5-12/h1-5,11,13H,6-10H2,(H2,18,22)(H,19,23). The predicted molar refractivity (Wildman–Crippen MR) is 93.7 cm³/mol. The minimum absolute atomic E-state index is 0.114. The highest BCUT2D eigenvalue weighted by atomic mass is 32.1. The van der Waals surface area contributed by atoms with Crippen LogP contribution < -0.4 is 11.1 Å². The maximum absolute atomic E-state index is 12.4. The van der Waals surface area contributed by atoms with E-state index in [2.05, 4.69) is 10.3 Å². The molecule has 1 aromatic carbocycles. The molecule has 2 aromatic rings. The zero-order valence-corrected chi connectivity index (χ0v) is 14.1. The van der Waals surface area contributed by atoms with Gasteiger partial charge in [0.25, 0.3) is 5.91 Å². The Morgan fingerprint density at radius 1 is 1.25 bits per heavy atom. The van der Waals surface area contributed by atoms with Gasteiger partial charge in [0.1, 0.15) is 10.7 Å². The third-order valence-electron chi connectivity index (χ3n) is 4.06. The molecule has 1 saturated heterocycles. The third-order valence-corrected chi connectivity index (χ3v) is 4.95. The van der Waals surface area contributed by atoms with Crippen molar-refractivity contribution in [2.24, 2.45) is 5.73 Å². The number of hydrogen-bond acceptors (Lipinski definition) is 5. The van der Waals surface area contributed by atoms with E-state index in [-0.39, 0.29) is 24.4 Å². The molecule has 24 heavy (non-hydrogen) atoms. The van der Waals surface area contributed by atoms with E-state index < -0.39 is 0 Å². The molecular weight excluding hydrogens is 324 g/mol. The minimum atomic E-state index is -0.312. The summed E-state index contributed by atoms with van der Waals surface area (Å²) < 4.78 is 0. The van der Waals surface area contributed by atoms with Gasteiger partial charge < -0.3 is 11.1 Å². The molecule has 2 heterocycles. The van der Waals surface area contributed by atoms with Gasteiger partial charge in [-0.25, -0.2) is 4.98 Å². The molecule has 0 atom stereocenters. The average molecular weight is 344 g/mol. The second-order valence-corrected chi connectivity index (χ2v) is 6.75. The molecule has 0 saturated carbocycles. The third kappa shape index (κ3) is 4.18. The molecule has 0 aliphatic carbocycles. The Morgan fingerprint density at radius 2 is 1.96 bits per heavy atom. The summed E-state index contributed by atoms with van der Waals surface area (Å²) in [6, 6.07) is 9.94. The second-order valence-electron chi connectivity index (χ2n) is 5.89. The van der Waals surface area contributed by atoms with E-state index in [1.54, 1.807) is 5.38 Å². The molecule has 0 bridgehead atoms. The number of carbonyl (C=O) groups is 2. The van der Waals surface area contributed by atoms with Crippen LogP contribution in [0.4, 0.5) is 0 Å². The lowest BCUT2D eigenvalue weighted by Gasteiger charge is -2.31. The quantitative estimate of drug-likeness (QED) is 0.860. The van der Waals surface area contributed by atoms with Crippen molar-refractivity contribution in [3.63, 3.8) is 0 Å². The van der Waals surface area contributed by atoms with E-state index >= 15 is 0 Å². The number of likely N-dealkylation sites (tertiary alicyclic amines) is 1. The van der Waals surface area contributed by atoms with Crippen LogP contribution in [0.25, 0.3) is 10.6 Å². The average Bonchev–Trinajstić information content (AvgIpc) is 3.07. The first kappa shape index (κ1) is 16.6. The number of rotatable bonds is 5. The van der Waals surface area contributed by atoms with Crippen LogP contribution in [0.2, 0.25) is 0 Å². The van der Waals surface area contributed by atoms with Crippen molar-refractivity contribution in [3.05, 3.63) is 41.4 Å². The zero-order chi connectivity index (χ0) is 16.9. The van der Waals surface area contributed by atoms with Gasteiger partial charge in [-0.3, -0.25) is 14.5 Å². The number of piperidine rings is 1. The Bertz CT molecular complexity index is 708. The SMILES string of the molecule is NC(=O)CN1CCC(NC(=O)c2csc(-c3ccccc3)n2)CC1. The Morgan fingerprint density at radius 3 is 2.62 bits per heavy atom. The summed E-state index contributed by atoms with van der Waals surface area (Å²) in [4.78, 5) is 29.7. The summed E-state index contributed by atoms with van der Waals surface area (Å²) in [5, 5.41) is 5.67. The minimum Gasteiger partial charge on any atom is -0.369 e. The van der Waals surface area contributed by atoms with Crippen molar-refractivity contribution in [2.75, 3.05) is 19.6 Å². The Hall–Kier alpha value is -2.25. The van der Waals surface area contributed by atoms with Crippen LogP contribution in [0.3, 0.4) is 0 Å². The molecule has 126 valence electrons. The van der Waals surface area contributed by atoms with E-state index in [1.165, 1.54) is 11.3 Å². The number of thiazole rings is 1. The highest BCUT2D eigenvalue weighted by Crippen LogP contribution is 2.23. The molecule has 3 rings (SSSR count). The summed E-state index contributed by atoms with van der Waals surface area (Å²) in [5.41, 5.74) is 6.68. The summed E-state index contributed by atoms with van der Waals surface area (Å²) in [5.74, 6) is -0.449. The molecule has 1 fully saturated rings. The van der Waals surface area contributed by atoms with Gasteiger partial charge in [0.15, 0.2) is 0 Å². The maximum atomic E-state index is 12.4. The zero-order valence-electron chi connectivity index (χ0n) is 13.3. The van der Waals surface area contributed by atoms with E-state index in [0.29, 0.717) is 5.69 Å².